The summed E-state index contributed by atoms with van der Waals surface area (Å²) in [6.45, 7) is -0.484. The average molecular weight is 218 g/mol. The van der Waals surface area contributed by atoms with E-state index < -0.39 is 35.1 Å². The Morgan fingerprint density at radius 1 is 1.13 bits per heavy atom. The van der Waals surface area contributed by atoms with Gasteiger partial charge in [0.1, 0.15) is 0 Å². The van der Waals surface area contributed by atoms with Crippen LogP contribution in [-0.4, -0.2) is 45.1 Å². The molecule has 0 bridgehead atoms. The lowest BCUT2D eigenvalue weighted by Gasteiger charge is -2.10. The largest absolute Gasteiger partial charge is 0.318 e. The number of amides is 2. The molecule has 0 aromatic carbocycles. The molecule has 0 aliphatic carbocycles. The third-order valence-electron chi connectivity index (χ3n) is 2.21. The first-order valence-corrected chi connectivity index (χ1v) is 3.89. The zero-order chi connectivity index (χ0) is 11.2. The highest BCUT2D eigenvalue weighted by Gasteiger charge is 2.56. The number of carbonyl (C=O) groups is 1. The predicted octanol–water partition coefficient (Wildman–Crippen LogP) is -2.09. The smallest absolute Gasteiger partial charge is 0.309 e. The van der Waals surface area contributed by atoms with Gasteiger partial charge in [0.2, 0.25) is 19.0 Å². The summed E-state index contributed by atoms with van der Waals surface area (Å²) < 4.78 is 0. The quantitative estimate of drug-likeness (QED) is 0.400. The maximum absolute atomic E-state index is 10.9. The SMILES string of the molecule is O=C1NC2C(N1)N([N+](=O)[O-])CN2[N+](=O)[O-]. The summed E-state index contributed by atoms with van der Waals surface area (Å²) in [6.07, 6.45) is -2.03. The number of carbonyl (C=O) groups excluding carboxylic acids is 1. The Hall–Kier alpha value is -2.33. The Balaban J connectivity index is 2.24. The molecule has 2 heterocycles. The van der Waals surface area contributed by atoms with Gasteiger partial charge in [-0.05, 0) is 0 Å². The van der Waals surface area contributed by atoms with Crippen LogP contribution in [-0.2, 0) is 0 Å². The van der Waals surface area contributed by atoms with Crippen molar-refractivity contribution in [1.29, 1.82) is 0 Å². The summed E-state index contributed by atoms with van der Waals surface area (Å²) in [6, 6.07) is -0.664. The Morgan fingerprint density at radius 2 is 1.53 bits per heavy atom. The summed E-state index contributed by atoms with van der Waals surface area (Å²) in [5.74, 6) is 0. The summed E-state index contributed by atoms with van der Waals surface area (Å²) in [4.78, 5) is 31.9. The van der Waals surface area contributed by atoms with Crippen LogP contribution in [0.4, 0.5) is 4.79 Å². The van der Waals surface area contributed by atoms with Crippen molar-refractivity contribution >= 4 is 6.03 Å². The van der Waals surface area contributed by atoms with E-state index in [0.29, 0.717) is 10.0 Å². The van der Waals surface area contributed by atoms with Gasteiger partial charge in [0.05, 0.1) is 0 Å². The van der Waals surface area contributed by atoms with Gasteiger partial charge in [-0.15, -0.1) is 0 Å². The molecule has 82 valence electrons. The molecule has 2 fully saturated rings. The van der Waals surface area contributed by atoms with Crippen molar-refractivity contribution < 1.29 is 14.9 Å². The van der Waals surface area contributed by atoms with Crippen molar-refractivity contribution in [1.82, 2.24) is 20.7 Å². The molecule has 11 heteroatoms. The number of nitrogens with one attached hydrogen (secondary N) is 2. The number of nitrogens with zero attached hydrogens (tertiary/aromatic N) is 4. The van der Waals surface area contributed by atoms with Crippen molar-refractivity contribution in [2.45, 2.75) is 12.3 Å². The van der Waals surface area contributed by atoms with Crippen LogP contribution < -0.4 is 10.6 Å². The van der Waals surface area contributed by atoms with Crippen molar-refractivity contribution in [3.63, 3.8) is 0 Å². The average Bonchev–Trinajstić information content (AvgIpc) is 2.59. The fraction of sp³-hybridized carbons (Fsp3) is 0.750. The van der Waals surface area contributed by atoms with E-state index in [1.54, 1.807) is 0 Å². The molecule has 2 saturated heterocycles. The summed E-state index contributed by atoms with van der Waals surface area (Å²) >= 11 is 0. The van der Waals surface area contributed by atoms with Crippen molar-refractivity contribution in [3.05, 3.63) is 20.2 Å². The monoisotopic (exact) mass is 218 g/mol. The Bertz CT molecular complexity index is 314. The lowest BCUT2D eigenvalue weighted by molar-refractivity contribution is -0.694. The molecule has 2 N–H and O–H groups in total. The summed E-state index contributed by atoms with van der Waals surface area (Å²) in [7, 11) is 0. The van der Waals surface area contributed by atoms with E-state index in [1.807, 2.05) is 0 Å². The molecule has 2 atom stereocenters. The van der Waals surface area contributed by atoms with Crippen LogP contribution in [0, 0.1) is 20.2 Å². The second kappa shape index (κ2) is 2.83. The first kappa shape index (κ1) is 9.23. The van der Waals surface area contributed by atoms with Crippen LogP contribution >= 0.6 is 0 Å². The van der Waals surface area contributed by atoms with E-state index in [2.05, 4.69) is 10.6 Å². The number of urea groups is 1. The lowest BCUT2D eigenvalue weighted by atomic mass is 10.4. The number of rotatable bonds is 2. The van der Waals surface area contributed by atoms with Crippen LogP contribution in [0.25, 0.3) is 0 Å². The van der Waals surface area contributed by atoms with Gasteiger partial charge in [0.25, 0.3) is 0 Å². The molecule has 11 nitrogen and oxygen atoms in total. The van der Waals surface area contributed by atoms with Gasteiger partial charge in [-0.1, -0.05) is 10.0 Å². The molecule has 2 rings (SSSR count). The molecule has 0 saturated carbocycles. The number of fused-ring (bicyclic) bond motifs is 1. The Labute approximate surface area is 81.8 Å². The lowest BCUT2D eigenvalue weighted by Crippen LogP contribution is -2.45. The van der Waals surface area contributed by atoms with Crippen LogP contribution in [0.3, 0.4) is 0 Å². The van der Waals surface area contributed by atoms with E-state index in [1.165, 1.54) is 0 Å². The van der Waals surface area contributed by atoms with Gasteiger partial charge < -0.3 is 10.6 Å². The minimum Gasteiger partial charge on any atom is -0.309 e. The van der Waals surface area contributed by atoms with Gasteiger partial charge in [0.15, 0.2) is 10.1 Å². The highest BCUT2D eigenvalue weighted by atomic mass is 16.7. The van der Waals surface area contributed by atoms with E-state index in [9.17, 15) is 25.0 Å². The third-order valence-corrected chi connectivity index (χ3v) is 2.21. The molecule has 2 unspecified atom stereocenters. The first-order chi connectivity index (χ1) is 7.00. The summed E-state index contributed by atoms with van der Waals surface area (Å²) in [5.41, 5.74) is 0. The molecular formula is C4H6N6O5. The van der Waals surface area contributed by atoms with Gasteiger partial charge in [-0.25, -0.2) is 25.0 Å². The number of hydrogen-bond donors (Lipinski definition) is 2. The van der Waals surface area contributed by atoms with Gasteiger partial charge >= 0.3 is 6.03 Å². The van der Waals surface area contributed by atoms with Crippen LogP contribution in [0.1, 0.15) is 0 Å². The van der Waals surface area contributed by atoms with E-state index >= 15 is 0 Å². The highest BCUT2D eigenvalue weighted by molar-refractivity contribution is 5.77. The number of hydrazine groups is 2. The fourth-order valence-electron chi connectivity index (χ4n) is 1.57. The van der Waals surface area contributed by atoms with Crippen molar-refractivity contribution in [2.75, 3.05) is 6.67 Å². The van der Waals surface area contributed by atoms with Gasteiger partial charge in [-0.3, -0.25) is 0 Å². The molecule has 2 amide bonds. The normalized spacial score (nSPS) is 28.4. The molecule has 0 spiro atoms. The minimum atomic E-state index is -1.02. The van der Waals surface area contributed by atoms with Crippen LogP contribution in [0.15, 0.2) is 0 Å². The van der Waals surface area contributed by atoms with E-state index in [-0.39, 0.29) is 0 Å². The molecule has 2 aliphatic rings. The maximum Gasteiger partial charge on any atom is 0.318 e. The second-order valence-electron chi connectivity index (χ2n) is 3.00. The molecule has 0 aromatic rings. The van der Waals surface area contributed by atoms with Gasteiger partial charge in [0, 0.05) is 0 Å². The topological polar surface area (TPSA) is 134 Å². The summed E-state index contributed by atoms with van der Waals surface area (Å²) in [5, 5.41) is 25.1. The van der Waals surface area contributed by atoms with Gasteiger partial charge in [-0.2, -0.15) is 0 Å². The van der Waals surface area contributed by atoms with Crippen LogP contribution in [0.2, 0.25) is 0 Å². The molecular weight excluding hydrogens is 212 g/mol. The van der Waals surface area contributed by atoms with E-state index in [4.69, 9.17) is 0 Å². The number of nitro groups is 2. The molecule has 0 aromatic heterocycles. The second-order valence-corrected chi connectivity index (χ2v) is 3.00. The van der Waals surface area contributed by atoms with Crippen molar-refractivity contribution in [2.24, 2.45) is 0 Å². The highest BCUT2D eigenvalue weighted by Crippen LogP contribution is 2.20. The maximum atomic E-state index is 10.9. The van der Waals surface area contributed by atoms with E-state index in [0.717, 1.165) is 0 Å². The molecule has 2 aliphatic heterocycles. The Kier molecular flexibility index (Phi) is 1.74. The number of hydrogen-bond acceptors (Lipinski definition) is 5. The zero-order valence-electron chi connectivity index (χ0n) is 7.19. The fourth-order valence-corrected chi connectivity index (χ4v) is 1.57. The minimum absolute atomic E-state index is 0.484. The Morgan fingerprint density at radius 3 is 1.87 bits per heavy atom. The third kappa shape index (κ3) is 1.24. The zero-order valence-corrected chi connectivity index (χ0v) is 7.19. The van der Waals surface area contributed by atoms with Crippen LogP contribution in [0.5, 0.6) is 0 Å². The van der Waals surface area contributed by atoms with Crippen molar-refractivity contribution in [3.8, 4) is 0 Å². The molecule has 0 radical (unpaired) electrons. The standard InChI is InChI=1S/C4H6N6O5/c11-4-5-2-3(6-4)8(10(14)15)1-7(2)9(12)13/h2-3H,1H2,(H2,5,6,11). The predicted molar refractivity (Wildman–Crippen MR) is 41.8 cm³/mol. The first-order valence-electron chi connectivity index (χ1n) is 3.89. The molecule has 15 heavy (non-hydrogen) atoms.